The number of aromatic nitrogens is 3. The van der Waals surface area contributed by atoms with Crippen LogP contribution < -0.4 is 0 Å². The van der Waals surface area contributed by atoms with Crippen LogP contribution in [-0.4, -0.2) is 13.7 Å². The van der Waals surface area contributed by atoms with E-state index in [0.29, 0.717) is 11.1 Å². The van der Waals surface area contributed by atoms with Crippen molar-refractivity contribution in [3.05, 3.63) is 240 Å². The Kier molecular flexibility index (Phi) is 9.91. The number of rotatable bonds is 4. The normalized spacial score (nSPS) is 12.5. The van der Waals surface area contributed by atoms with E-state index in [1.165, 1.54) is 87.7 Å². The molecule has 0 aliphatic heterocycles. The van der Waals surface area contributed by atoms with Gasteiger partial charge >= 0.3 is 0 Å². The van der Waals surface area contributed by atoms with Crippen LogP contribution in [0, 0.1) is 36.5 Å². The van der Waals surface area contributed by atoms with E-state index < -0.39 is 0 Å². The minimum Gasteiger partial charge on any atom is -0.344 e. The lowest BCUT2D eigenvalue weighted by Crippen LogP contribution is -2.14. The first kappa shape index (κ1) is 43.6. The van der Waals surface area contributed by atoms with Crippen LogP contribution in [-0.2, 0) is 12.5 Å². The minimum atomic E-state index is -0.0305. The highest BCUT2D eigenvalue weighted by molar-refractivity contribution is 6.28. The molecule has 3 heterocycles. The second kappa shape index (κ2) is 16.6. The average Bonchev–Trinajstić information content (AvgIpc) is 4.12. The molecule has 0 saturated heterocycles. The maximum Gasteiger partial charge on any atom is 0.0998 e. The Morgan fingerprint density at radius 2 is 0.877 bits per heavy atom. The molecule has 346 valence electrons. The Balaban J connectivity index is 0.000000141. The molecule has 0 amide bonds. The molecular weight excluding hydrogens is 887 g/mol. The molecule has 0 atom stereocenters. The van der Waals surface area contributed by atoms with Crippen molar-refractivity contribution < 1.29 is 0 Å². The van der Waals surface area contributed by atoms with Crippen LogP contribution in [0.15, 0.2) is 206 Å². The van der Waals surface area contributed by atoms with Gasteiger partial charge in [-0.1, -0.05) is 153 Å². The van der Waals surface area contributed by atoms with E-state index in [2.05, 4.69) is 236 Å². The smallest absolute Gasteiger partial charge is 0.0998 e. The highest BCUT2D eigenvalue weighted by atomic mass is 15.0. The number of benzene rings is 10. The molecule has 0 bridgehead atoms. The standard InChI is InChI=1S/C35H26N2.C33H23N3/c1-22-12-13-24(21-36)28(20-22)23-14-16-25(17-15-23)37-31-11-7-5-9-27(31)34-32(37)19-18-30-33(34)26-8-4-6-10-29(26)35(30,2)3;1-21-11-16-25(23(19-21)20-34)22-12-14-24(15-13-22)36-29-10-6-4-8-27(29)33-31(36)18-17-30-32(33)26-7-3-5-9-28(26)35(30)2/h4-20H,1-3H3;3-19H,1-2H3. The van der Waals surface area contributed by atoms with Crippen molar-refractivity contribution in [1.82, 2.24) is 13.7 Å². The molecule has 13 aromatic rings. The summed E-state index contributed by atoms with van der Waals surface area (Å²) in [5.41, 5.74) is 22.7. The van der Waals surface area contributed by atoms with Gasteiger partial charge in [-0.15, -0.1) is 0 Å². The van der Waals surface area contributed by atoms with Crippen molar-refractivity contribution in [3.8, 4) is 56.9 Å². The molecule has 0 radical (unpaired) electrons. The van der Waals surface area contributed by atoms with Gasteiger partial charge < -0.3 is 13.7 Å². The fourth-order valence-corrected chi connectivity index (χ4v) is 12.1. The van der Waals surface area contributed by atoms with Gasteiger partial charge in [0.15, 0.2) is 0 Å². The van der Waals surface area contributed by atoms with E-state index in [9.17, 15) is 10.5 Å². The third-order valence-corrected chi connectivity index (χ3v) is 15.6. The number of aryl methyl sites for hydroxylation is 3. The quantitative estimate of drug-likeness (QED) is 0.176. The molecule has 3 aromatic heterocycles. The van der Waals surface area contributed by atoms with Crippen molar-refractivity contribution in [2.24, 2.45) is 7.05 Å². The summed E-state index contributed by atoms with van der Waals surface area (Å²) < 4.78 is 7.03. The van der Waals surface area contributed by atoms with Gasteiger partial charge in [-0.25, -0.2) is 0 Å². The minimum absolute atomic E-state index is 0.0305. The summed E-state index contributed by atoms with van der Waals surface area (Å²) >= 11 is 0. The summed E-state index contributed by atoms with van der Waals surface area (Å²) in [5, 5.41) is 27.0. The summed E-state index contributed by atoms with van der Waals surface area (Å²) in [7, 11) is 2.15. The molecule has 0 spiro atoms. The van der Waals surface area contributed by atoms with Gasteiger partial charge in [0.25, 0.3) is 0 Å². The molecular formula is C68H49N5. The number of nitriles is 2. The fraction of sp³-hybridized carbons (Fsp3) is 0.0882. The molecule has 14 rings (SSSR count). The molecule has 1 aliphatic carbocycles. The van der Waals surface area contributed by atoms with Crippen molar-refractivity contribution >= 4 is 65.4 Å². The summed E-state index contributed by atoms with van der Waals surface area (Å²) in [5.74, 6) is 0. The topological polar surface area (TPSA) is 62.4 Å². The third kappa shape index (κ3) is 6.60. The molecule has 5 nitrogen and oxygen atoms in total. The Morgan fingerprint density at radius 1 is 0.384 bits per heavy atom. The number of fused-ring (bicyclic) bond motifs is 14. The number of para-hydroxylation sites is 3. The van der Waals surface area contributed by atoms with Crippen molar-refractivity contribution in [1.29, 1.82) is 10.5 Å². The van der Waals surface area contributed by atoms with Crippen LogP contribution >= 0.6 is 0 Å². The zero-order chi connectivity index (χ0) is 49.7. The first-order chi connectivity index (χ1) is 35.6. The SMILES string of the molecule is Cc1ccc(-c2ccc(-n3c4ccccc4c4c5c6ccccc6n(C)c5ccc43)cc2)c(C#N)c1.Cc1ccc(C#N)c(-c2ccc(-n3c4ccccc4c4c5c(ccc43)C(C)(C)c3ccccc3-5)cc2)c1. The lowest BCUT2D eigenvalue weighted by Gasteiger charge is -2.21. The van der Waals surface area contributed by atoms with Crippen LogP contribution in [0.5, 0.6) is 0 Å². The first-order valence-corrected chi connectivity index (χ1v) is 24.9. The van der Waals surface area contributed by atoms with Crippen LogP contribution in [0.1, 0.15) is 47.2 Å². The summed E-state index contributed by atoms with van der Waals surface area (Å²) in [6.07, 6.45) is 0. The molecule has 0 saturated carbocycles. The van der Waals surface area contributed by atoms with E-state index in [4.69, 9.17) is 0 Å². The Bertz CT molecular complexity index is 4500. The van der Waals surface area contributed by atoms with Crippen molar-refractivity contribution in [2.45, 2.75) is 33.1 Å². The fourth-order valence-electron chi connectivity index (χ4n) is 12.1. The van der Waals surface area contributed by atoms with Crippen LogP contribution in [0.3, 0.4) is 0 Å². The Labute approximate surface area is 424 Å². The number of hydrogen-bond donors (Lipinski definition) is 0. The summed E-state index contributed by atoms with van der Waals surface area (Å²) in [4.78, 5) is 0. The van der Waals surface area contributed by atoms with E-state index in [1.54, 1.807) is 0 Å². The van der Waals surface area contributed by atoms with Gasteiger partial charge in [0, 0.05) is 67.2 Å². The zero-order valence-electron chi connectivity index (χ0n) is 41.4. The molecule has 73 heavy (non-hydrogen) atoms. The average molecular weight is 936 g/mol. The predicted octanol–water partition coefficient (Wildman–Crippen LogP) is 17.2. The molecule has 0 N–H and O–H groups in total. The van der Waals surface area contributed by atoms with E-state index in [0.717, 1.165) is 44.8 Å². The highest BCUT2D eigenvalue weighted by Gasteiger charge is 2.37. The Morgan fingerprint density at radius 3 is 1.53 bits per heavy atom. The van der Waals surface area contributed by atoms with Gasteiger partial charge in [0.05, 0.1) is 45.3 Å². The van der Waals surface area contributed by atoms with E-state index >= 15 is 0 Å². The monoisotopic (exact) mass is 935 g/mol. The van der Waals surface area contributed by atoms with E-state index in [-0.39, 0.29) is 5.41 Å². The predicted molar refractivity (Wildman–Crippen MR) is 303 cm³/mol. The largest absolute Gasteiger partial charge is 0.344 e. The maximum atomic E-state index is 9.65. The van der Waals surface area contributed by atoms with Gasteiger partial charge in [0.2, 0.25) is 0 Å². The van der Waals surface area contributed by atoms with Crippen LogP contribution in [0.25, 0.3) is 110 Å². The third-order valence-electron chi connectivity index (χ3n) is 15.6. The zero-order valence-corrected chi connectivity index (χ0v) is 41.4. The number of nitrogens with zero attached hydrogens (tertiary/aromatic N) is 5. The van der Waals surface area contributed by atoms with Gasteiger partial charge in [-0.05, 0) is 137 Å². The summed E-state index contributed by atoms with van der Waals surface area (Å²) in [6.45, 7) is 8.75. The second-order valence-electron chi connectivity index (χ2n) is 20.1. The second-order valence-corrected chi connectivity index (χ2v) is 20.1. The maximum absolute atomic E-state index is 9.65. The summed E-state index contributed by atoms with van der Waals surface area (Å²) in [6, 6.07) is 78.0. The molecule has 1 aliphatic rings. The van der Waals surface area contributed by atoms with Gasteiger partial charge in [-0.2, -0.15) is 10.5 Å². The lowest BCUT2D eigenvalue weighted by molar-refractivity contribution is 0.661. The first-order valence-electron chi connectivity index (χ1n) is 24.9. The molecule has 5 heteroatoms. The van der Waals surface area contributed by atoms with Crippen LogP contribution in [0.4, 0.5) is 0 Å². The molecule has 10 aromatic carbocycles. The van der Waals surface area contributed by atoms with Crippen LogP contribution in [0.2, 0.25) is 0 Å². The highest BCUT2D eigenvalue weighted by Crippen LogP contribution is 2.53. The van der Waals surface area contributed by atoms with Gasteiger partial charge in [0.1, 0.15) is 0 Å². The number of hydrogen-bond acceptors (Lipinski definition) is 2. The van der Waals surface area contributed by atoms with Crippen molar-refractivity contribution in [3.63, 3.8) is 0 Å². The van der Waals surface area contributed by atoms with E-state index in [1.807, 2.05) is 31.2 Å². The Hall–Kier alpha value is -9.42. The lowest BCUT2D eigenvalue weighted by atomic mass is 9.82. The molecule has 0 fully saturated rings. The van der Waals surface area contributed by atoms with Crippen molar-refractivity contribution in [2.75, 3.05) is 0 Å². The van der Waals surface area contributed by atoms with Gasteiger partial charge in [-0.3, -0.25) is 0 Å². The molecule has 0 unspecified atom stereocenters.